The lowest BCUT2D eigenvalue weighted by Gasteiger charge is -2.32. The quantitative estimate of drug-likeness (QED) is 0.358. The summed E-state index contributed by atoms with van der Waals surface area (Å²) in [4.78, 5) is 28.9. The summed E-state index contributed by atoms with van der Waals surface area (Å²) in [6.07, 6.45) is 2.57. The molecule has 0 fully saturated rings. The predicted octanol–water partition coefficient (Wildman–Crippen LogP) is 5.75. The van der Waals surface area contributed by atoms with E-state index >= 15 is 0 Å². The van der Waals surface area contributed by atoms with Crippen molar-refractivity contribution in [3.8, 4) is 0 Å². The molecule has 3 aromatic carbocycles. The van der Waals surface area contributed by atoms with Crippen LogP contribution in [-0.2, 0) is 29.0 Å². The van der Waals surface area contributed by atoms with Gasteiger partial charge in [-0.3, -0.25) is 9.59 Å². The average molecular weight is 477 g/mol. The molecule has 178 valence electrons. The zero-order valence-corrected chi connectivity index (χ0v) is 20.7. The van der Waals surface area contributed by atoms with Gasteiger partial charge in [0.05, 0.1) is 6.42 Å². The van der Waals surface area contributed by atoms with Crippen LogP contribution in [0.1, 0.15) is 42.0 Å². The molecule has 0 unspecified atom stereocenters. The third-order valence-electron chi connectivity index (χ3n) is 5.95. The molecule has 3 aromatic rings. The normalized spacial score (nSPS) is 11.6. The maximum atomic E-state index is 13.7. The van der Waals surface area contributed by atoms with Gasteiger partial charge >= 0.3 is 0 Å². The second-order valence-corrected chi connectivity index (χ2v) is 9.04. The van der Waals surface area contributed by atoms with Gasteiger partial charge in [-0.2, -0.15) is 0 Å². The average Bonchev–Trinajstić information content (AvgIpc) is 2.83. The highest BCUT2D eigenvalue weighted by Gasteiger charge is 2.30. The Balaban J connectivity index is 1.95. The van der Waals surface area contributed by atoms with Crippen LogP contribution in [0.15, 0.2) is 78.9 Å². The molecule has 0 aliphatic carbocycles. The predicted molar refractivity (Wildman–Crippen MR) is 139 cm³/mol. The monoisotopic (exact) mass is 476 g/mol. The first kappa shape index (κ1) is 25.5. The van der Waals surface area contributed by atoms with Crippen molar-refractivity contribution in [3.05, 3.63) is 106 Å². The molecule has 5 heteroatoms. The van der Waals surface area contributed by atoms with Crippen molar-refractivity contribution in [2.24, 2.45) is 0 Å². The van der Waals surface area contributed by atoms with E-state index in [4.69, 9.17) is 11.6 Å². The Hall–Kier alpha value is -3.11. The van der Waals surface area contributed by atoms with Crippen molar-refractivity contribution in [3.63, 3.8) is 0 Å². The van der Waals surface area contributed by atoms with E-state index in [1.165, 1.54) is 0 Å². The second kappa shape index (κ2) is 13.0. The van der Waals surface area contributed by atoms with Crippen molar-refractivity contribution in [2.75, 3.05) is 6.54 Å². The van der Waals surface area contributed by atoms with Crippen LogP contribution in [0.4, 0.5) is 0 Å². The Bertz CT molecular complexity index is 1080. The summed E-state index contributed by atoms with van der Waals surface area (Å²) in [6.45, 7) is 5.00. The van der Waals surface area contributed by atoms with Crippen LogP contribution in [0.3, 0.4) is 0 Å². The number of amides is 2. The Kier molecular flexibility index (Phi) is 9.72. The minimum atomic E-state index is -0.630. The number of hydrogen-bond donors (Lipinski definition) is 1. The molecule has 3 rings (SSSR count). The molecule has 0 aliphatic heterocycles. The first-order valence-corrected chi connectivity index (χ1v) is 12.3. The number of halogens is 1. The highest BCUT2D eigenvalue weighted by atomic mass is 35.5. The molecule has 0 saturated heterocycles. The fraction of sp³-hybridized carbons (Fsp3) is 0.310. The SMILES string of the molecule is CCCCNC(=O)[C@H](Cc1ccccc1)N(Cc1cccc(Cl)c1)C(=O)Cc1ccccc1C. The van der Waals surface area contributed by atoms with Crippen LogP contribution in [0.5, 0.6) is 0 Å². The third kappa shape index (κ3) is 7.46. The Labute approximate surface area is 207 Å². The molecule has 0 heterocycles. The number of benzene rings is 3. The molecule has 0 aliphatic rings. The summed E-state index contributed by atoms with van der Waals surface area (Å²) in [7, 11) is 0. The Morgan fingerprint density at radius 3 is 2.35 bits per heavy atom. The van der Waals surface area contributed by atoms with Crippen molar-refractivity contribution < 1.29 is 9.59 Å². The van der Waals surface area contributed by atoms with Gasteiger partial charge in [0.15, 0.2) is 0 Å². The third-order valence-corrected chi connectivity index (χ3v) is 6.18. The smallest absolute Gasteiger partial charge is 0.243 e. The fourth-order valence-electron chi connectivity index (χ4n) is 3.97. The molecular formula is C29H33ClN2O2. The maximum absolute atomic E-state index is 13.7. The lowest BCUT2D eigenvalue weighted by atomic mass is 10.00. The standard InChI is InChI=1S/C29H33ClN2O2/c1-3-4-17-31-29(34)27(19-23-12-6-5-7-13-23)32(21-24-14-10-16-26(30)18-24)28(33)20-25-15-9-8-11-22(25)2/h5-16,18,27H,3-4,17,19-21H2,1-2H3,(H,31,34)/t27-/m0/s1. The molecule has 0 aromatic heterocycles. The number of rotatable bonds is 11. The lowest BCUT2D eigenvalue weighted by molar-refractivity contribution is -0.140. The van der Waals surface area contributed by atoms with Gasteiger partial charge < -0.3 is 10.2 Å². The number of nitrogens with zero attached hydrogens (tertiary/aromatic N) is 1. The number of carbonyl (C=O) groups excluding carboxylic acids is 2. The van der Waals surface area contributed by atoms with Gasteiger partial charge in [0.2, 0.25) is 11.8 Å². The summed E-state index contributed by atoms with van der Waals surface area (Å²) in [6, 6.07) is 24.6. The van der Waals surface area contributed by atoms with E-state index in [2.05, 4.69) is 12.2 Å². The largest absolute Gasteiger partial charge is 0.354 e. The van der Waals surface area contributed by atoms with E-state index in [0.29, 0.717) is 24.5 Å². The number of nitrogens with one attached hydrogen (secondary N) is 1. The van der Waals surface area contributed by atoms with Crippen molar-refractivity contribution in [2.45, 2.75) is 52.1 Å². The molecular weight excluding hydrogens is 444 g/mol. The molecule has 0 spiro atoms. The summed E-state index contributed by atoms with van der Waals surface area (Å²) in [5, 5.41) is 3.66. The molecule has 0 radical (unpaired) electrons. The van der Waals surface area contributed by atoms with E-state index in [-0.39, 0.29) is 18.2 Å². The molecule has 0 saturated carbocycles. The van der Waals surface area contributed by atoms with Crippen molar-refractivity contribution in [1.82, 2.24) is 10.2 Å². The molecule has 34 heavy (non-hydrogen) atoms. The van der Waals surface area contributed by atoms with Crippen LogP contribution in [0.25, 0.3) is 0 Å². The van der Waals surface area contributed by atoms with Crippen molar-refractivity contribution >= 4 is 23.4 Å². The fourth-order valence-corrected chi connectivity index (χ4v) is 4.18. The van der Waals surface area contributed by atoms with Crippen LogP contribution in [-0.4, -0.2) is 29.3 Å². The summed E-state index contributed by atoms with van der Waals surface area (Å²) >= 11 is 6.23. The highest BCUT2D eigenvalue weighted by molar-refractivity contribution is 6.30. The van der Waals surface area contributed by atoms with Crippen molar-refractivity contribution in [1.29, 1.82) is 0 Å². The maximum Gasteiger partial charge on any atom is 0.243 e. The second-order valence-electron chi connectivity index (χ2n) is 8.60. The van der Waals surface area contributed by atoms with Gasteiger partial charge in [-0.25, -0.2) is 0 Å². The van der Waals surface area contributed by atoms with E-state index < -0.39 is 6.04 Å². The number of carbonyl (C=O) groups is 2. The lowest BCUT2D eigenvalue weighted by Crippen LogP contribution is -2.51. The highest BCUT2D eigenvalue weighted by Crippen LogP contribution is 2.19. The Morgan fingerprint density at radius 2 is 1.65 bits per heavy atom. The van der Waals surface area contributed by atoms with Gasteiger partial charge in [0.25, 0.3) is 0 Å². The molecule has 4 nitrogen and oxygen atoms in total. The van der Waals surface area contributed by atoms with Gasteiger partial charge in [-0.15, -0.1) is 0 Å². The molecule has 0 bridgehead atoms. The summed E-state index contributed by atoms with van der Waals surface area (Å²) in [5.74, 6) is -0.210. The van der Waals surface area contributed by atoms with Crippen LogP contribution in [0.2, 0.25) is 5.02 Å². The van der Waals surface area contributed by atoms with Gasteiger partial charge in [-0.1, -0.05) is 91.7 Å². The van der Waals surface area contributed by atoms with Gasteiger partial charge in [0, 0.05) is 24.5 Å². The molecule has 1 atom stereocenters. The summed E-state index contributed by atoms with van der Waals surface area (Å²) < 4.78 is 0. The molecule has 2 amide bonds. The van der Waals surface area contributed by atoms with Crippen LogP contribution in [0, 0.1) is 6.92 Å². The zero-order chi connectivity index (χ0) is 24.3. The topological polar surface area (TPSA) is 49.4 Å². The number of aryl methyl sites for hydroxylation is 1. The van der Waals surface area contributed by atoms with Crippen LogP contribution < -0.4 is 5.32 Å². The van der Waals surface area contributed by atoms with Crippen LogP contribution >= 0.6 is 11.6 Å². The number of hydrogen-bond acceptors (Lipinski definition) is 2. The Morgan fingerprint density at radius 1 is 0.941 bits per heavy atom. The van der Waals surface area contributed by atoms with E-state index in [1.807, 2.05) is 85.8 Å². The summed E-state index contributed by atoms with van der Waals surface area (Å²) in [5.41, 5.74) is 3.93. The minimum absolute atomic E-state index is 0.0825. The van der Waals surface area contributed by atoms with E-state index in [1.54, 1.807) is 4.90 Å². The van der Waals surface area contributed by atoms with Gasteiger partial charge in [-0.05, 0) is 47.7 Å². The first-order chi connectivity index (χ1) is 16.5. The first-order valence-electron chi connectivity index (χ1n) is 11.9. The van der Waals surface area contributed by atoms with Gasteiger partial charge in [0.1, 0.15) is 6.04 Å². The zero-order valence-electron chi connectivity index (χ0n) is 20.0. The minimum Gasteiger partial charge on any atom is -0.354 e. The number of unbranched alkanes of at least 4 members (excludes halogenated alkanes) is 1. The van der Waals surface area contributed by atoms with E-state index in [0.717, 1.165) is 35.1 Å². The molecule has 1 N–H and O–H groups in total. The van der Waals surface area contributed by atoms with E-state index in [9.17, 15) is 9.59 Å².